The Hall–Kier alpha value is -2.89. The van der Waals surface area contributed by atoms with E-state index >= 15 is 0 Å². The molecule has 0 aromatic carbocycles. The van der Waals surface area contributed by atoms with Crippen LogP contribution in [-0.4, -0.2) is 59.4 Å². The maximum Gasteiger partial charge on any atom is 0.326 e. The fourth-order valence-corrected chi connectivity index (χ4v) is 2.37. The van der Waals surface area contributed by atoms with Gasteiger partial charge in [-0.25, -0.2) is 4.79 Å². The first-order valence-electron chi connectivity index (χ1n) is 9.42. The van der Waals surface area contributed by atoms with Gasteiger partial charge in [0.05, 0.1) is 6.04 Å². The van der Waals surface area contributed by atoms with Crippen LogP contribution >= 0.6 is 0 Å². The van der Waals surface area contributed by atoms with Gasteiger partial charge in [0.25, 0.3) is 0 Å². The maximum atomic E-state index is 12.6. The number of primary amides is 1. The zero-order valence-electron chi connectivity index (χ0n) is 16.9. The summed E-state index contributed by atoms with van der Waals surface area (Å²) in [6.45, 7) is 3.92. The molecule has 0 spiro atoms. The van der Waals surface area contributed by atoms with Gasteiger partial charge < -0.3 is 38.7 Å². The molecule has 0 saturated heterocycles. The summed E-state index contributed by atoms with van der Waals surface area (Å²) < 4.78 is 0. The highest BCUT2D eigenvalue weighted by molar-refractivity contribution is 5.92. The number of carbonyl (C=O) groups excluding carboxylic acids is 3. The molecule has 4 atom stereocenters. The van der Waals surface area contributed by atoms with Gasteiger partial charge in [0, 0.05) is 13.0 Å². The normalized spacial score (nSPS) is 14.7. The van der Waals surface area contributed by atoms with Crippen molar-refractivity contribution < 1.29 is 24.3 Å². The number of amides is 3. The van der Waals surface area contributed by atoms with Crippen molar-refractivity contribution in [3.8, 4) is 0 Å². The third-order valence-corrected chi connectivity index (χ3v) is 4.43. The topological polar surface area (TPSA) is 229 Å². The van der Waals surface area contributed by atoms with Crippen molar-refractivity contribution in [2.45, 2.75) is 64.1 Å². The molecule has 12 heteroatoms. The lowest BCUT2D eigenvalue weighted by atomic mass is 9.98. The van der Waals surface area contributed by atoms with Gasteiger partial charge in [-0.1, -0.05) is 20.3 Å². The van der Waals surface area contributed by atoms with Gasteiger partial charge >= 0.3 is 5.97 Å². The first kappa shape index (κ1) is 26.1. The smallest absolute Gasteiger partial charge is 0.326 e. The number of nitrogens with one attached hydrogen (secondary N) is 2. The number of nitrogens with zero attached hydrogens (tertiary/aromatic N) is 1. The summed E-state index contributed by atoms with van der Waals surface area (Å²) in [6.07, 6.45) is 0.802. The number of guanidine groups is 1. The zero-order valence-corrected chi connectivity index (χ0v) is 16.9. The van der Waals surface area contributed by atoms with E-state index in [4.69, 9.17) is 22.9 Å². The summed E-state index contributed by atoms with van der Waals surface area (Å²) in [4.78, 5) is 51.0. The molecule has 4 unspecified atom stereocenters. The summed E-state index contributed by atoms with van der Waals surface area (Å²) in [5.74, 6) is -3.45. The Morgan fingerprint density at radius 3 is 2.07 bits per heavy atom. The Morgan fingerprint density at radius 1 is 1.00 bits per heavy atom. The average Bonchev–Trinajstić information content (AvgIpc) is 2.64. The van der Waals surface area contributed by atoms with Crippen molar-refractivity contribution in [2.75, 3.05) is 6.54 Å². The molecule has 166 valence electrons. The number of aliphatic carboxylic acids is 1. The quantitative estimate of drug-likeness (QED) is 0.0926. The molecule has 0 rings (SSSR count). The summed E-state index contributed by atoms with van der Waals surface area (Å²) in [6, 6.07) is -3.18. The Kier molecular flexibility index (Phi) is 12.0. The monoisotopic (exact) mass is 415 g/mol. The van der Waals surface area contributed by atoms with E-state index in [0.717, 1.165) is 0 Å². The molecule has 0 radical (unpaired) electrons. The zero-order chi connectivity index (χ0) is 22.6. The van der Waals surface area contributed by atoms with Crippen LogP contribution in [0.15, 0.2) is 4.99 Å². The van der Waals surface area contributed by atoms with Crippen molar-refractivity contribution in [1.29, 1.82) is 0 Å². The standard InChI is InChI=1S/C17H33N7O5/c1-3-9(2)13(19)15(27)23-10(5-4-8-22-17(20)21)14(26)24-11(16(28)29)6-7-12(18)25/h9-11,13H,3-8,19H2,1-2H3,(H2,18,25)(H,23,27)(H,24,26)(H,28,29)(H4,20,21,22). The van der Waals surface area contributed by atoms with Gasteiger partial charge in [0.2, 0.25) is 17.7 Å². The van der Waals surface area contributed by atoms with Crippen LogP contribution in [0.3, 0.4) is 0 Å². The molecule has 0 fully saturated rings. The number of hydrogen-bond donors (Lipinski definition) is 7. The van der Waals surface area contributed by atoms with E-state index in [2.05, 4.69) is 15.6 Å². The SMILES string of the molecule is CCC(C)C(N)C(=O)NC(CCCN=C(N)N)C(=O)NC(CCC(N)=O)C(=O)O. The van der Waals surface area contributed by atoms with Gasteiger partial charge in [-0.3, -0.25) is 19.4 Å². The van der Waals surface area contributed by atoms with Crippen molar-refractivity contribution in [2.24, 2.45) is 33.8 Å². The van der Waals surface area contributed by atoms with Crippen LogP contribution in [-0.2, 0) is 19.2 Å². The lowest BCUT2D eigenvalue weighted by Crippen LogP contribution is -2.55. The van der Waals surface area contributed by atoms with E-state index in [9.17, 15) is 24.3 Å². The van der Waals surface area contributed by atoms with E-state index in [0.29, 0.717) is 12.8 Å². The molecule has 0 aliphatic carbocycles. The van der Waals surface area contributed by atoms with E-state index in [1.165, 1.54) is 0 Å². The molecular formula is C17H33N7O5. The predicted octanol–water partition coefficient (Wildman–Crippen LogP) is -2.27. The second-order valence-corrected chi connectivity index (χ2v) is 6.83. The van der Waals surface area contributed by atoms with Crippen molar-refractivity contribution >= 4 is 29.7 Å². The molecule has 0 saturated carbocycles. The fraction of sp³-hybridized carbons (Fsp3) is 0.706. The van der Waals surface area contributed by atoms with Crippen LogP contribution in [0.4, 0.5) is 0 Å². The Morgan fingerprint density at radius 2 is 1.59 bits per heavy atom. The highest BCUT2D eigenvalue weighted by Gasteiger charge is 2.29. The lowest BCUT2D eigenvalue weighted by molar-refractivity contribution is -0.142. The summed E-state index contributed by atoms with van der Waals surface area (Å²) in [5.41, 5.74) is 21.4. The third kappa shape index (κ3) is 10.9. The minimum atomic E-state index is -1.32. The Balaban J connectivity index is 5.19. The number of rotatable bonds is 14. The molecule has 0 aromatic rings. The minimum absolute atomic E-state index is 0.105. The van der Waals surface area contributed by atoms with Crippen molar-refractivity contribution in [1.82, 2.24) is 10.6 Å². The molecule has 3 amide bonds. The van der Waals surface area contributed by atoms with E-state index in [-0.39, 0.29) is 37.7 Å². The van der Waals surface area contributed by atoms with Gasteiger partial charge in [-0.05, 0) is 25.2 Å². The molecule has 0 bridgehead atoms. The number of carboxylic acids is 1. The van der Waals surface area contributed by atoms with Crippen LogP contribution in [0.5, 0.6) is 0 Å². The molecule has 0 aliphatic heterocycles. The van der Waals surface area contributed by atoms with Crippen molar-refractivity contribution in [3.63, 3.8) is 0 Å². The first-order chi connectivity index (χ1) is 13.5. The molecule has 0 heterocycles. The van der Waals surface area contributed by atoms with E-state index in [1.807, 2.05) is 13.8 Å². The first-order valence-corrected chi connectivity index (χ1v) is 9.42. The van der Waals surface area contributed by atoms with Gasteiger partial charge in [-0.2, -0.15) is 0 Å². The van der Waals surface area contributed by atoms with E-state index in [1.54, 1.807) is 0 Å². The summed E-state index contributed by atoms with van der Waals surface area (Å²) >= 11 is 0. The van der Waals surface area contributed by atoms with Crippen LogP contribution < -0.4 is 33.6 Å². The van der Waals surface area contributed by atoms with Crippen LogP contribution in [0.2, 0.25) is 0 Å². The number of carboxylic acid groups (broad SMARTS) is 1. The fourth-order valence-electron chi connectivity index (χ4n) is 2.37. The summed E-state index contributed by atoms with van der Waals surface area (Å²) in [5, 5.41) is 14.1. The van der Waals surface area contributed by atoms with Crippen molar-refractivity contribution in [3.05, 3.63) is 0 Å². The Bertz CT molecular complexity index is 607. The largest absolute Gasteiger partial charge is 0.480 e. The second kappa shape index (κ2) is 13.3. The Labute approximate surface area is 169 Å². The second-order valence-electron chi connectivity index (χ2n) is 6.83. The third-order valence-electron chi connectivity index (χ3n) is 4.43. The molecule has 29 heavy (non-hydrogen) atoms. The van der Waals surface area contributed by atoms with Gasteiger partial charge in [0.15, 0.2) is 5.96 Å². The van der Waals surface area contributed by atoms with Crippen LogP contribution in [0, 0.1) is 5.92 Å². The maximum absolute atomic E-state index is 12.6. The highest BCUT2D eigenvalue weighted by Crippen LogP contribution is 2.08. The molecule has 0 aliphatic rings. The lowest BCUT2D eigenvalue weighted by Gasteiger charge is -2.24. The predicted molar refractivity (Wildman–Crippen MR) is 107 cm³/mol. The number of aliphatic imine (C=N–C) groups is 1. The molecule has 11 N–H and O–H groups in total. The molecule has 12 nitrogen and oxygen atoms in total. The average molecular weight is 415 g/mol. The van der Waals surface area contributed by atoms with Gasteiger partial charge in [-0.15, -0.1) is 0 Å². The number of nitrogens with two attached hydrogens (primary N) is 4. The highest BCUT2D eigenvalue weighted by atomic mass is 16.4. The molecular weight excluding hydrogens is 382 g/mol. The van der Waals surface area contributed by atoms with Gasteiger partial charge in [0.1, 0.15) is 12.1 Å². The number of carbonyl (C=O) groups is 4. The minimum Gasteiger partial charge on any atom is -0.480 e. The van der Waals surface area contributed by atoms with Crippen LogP contribution in [0.25, 0.3) is 0 Å². The number of hydrogen-bond acceptors (Lipinski definition) is 6. The summed E-state index contributed by atoms with van der Waals surface area (Å²) in [7, 11) is 0. The van der Waals surface area contributed by atoms with E-state index < -0.39 is 41.8 Å². The molecule has 0 aromatic heterocycles. The van der Waals surface area contributed by atoms with Crippen LogP contribution in [0.1, 0.15) is 46.0 Å².